The highest BCUT2D eigenvalue weighted by Gasteiger charge is 2.26. The Morgan fingerprint density at radius 2 is 2.09 bits per heavy atom. The minimum absolute atomic E-state index is 0.239. The third-order valence-corrected chi connectivity index (χ3v) is 4.98. The first-order chi connectivity index (χ1) is 11.1. The van der Waals surface area contributed by atoms with Crippen molar-refractivity contribution >= 4 is 5.91 Å². The van der Waals surface area contributed by atoms with Crippen molar-refractivity contribution in [3.05, 3.63) is 28.2 Å². The van der Waals surface area contributed by atoms with Crippen LogP contribution in [0, 0.1) is 0 Å². The lowest BCUT2D eigenvalue weighted by atomic mass is 9.98. The number of carbonyl (C=O) groups excluding carboxylic acids is 1. The number of aromatic nitrogens is 1. The Bertz CT molecular complexity index is 613. The van der Waals surface area contributed by atoms with Gasteiger partial charge in [-0.1, -0.05) is 6.42 Å². The largest absolute Gasteiger partial charge is 0.503 e. The standard InChI is InChI=1S/C17H25N3O3/c21-15-10-13(18-11-16(15)22)12-20-7-2-1-4-14(20)6-9-19-8-3-5-17(19)23/h10-11,14,22H,1-9,12H2,(H,18,21). The number of rotatable bonds is 5. The number of aromatic hydroxyl groups is 1. The topological polar surface area (TPSA) is 76.6 Å². The average Bonchev–Trinajstić information content (AvgIpc) is 2.95. The lowest BCUT2D eigenvalue weighted by Crippen LogP contribution is -2.41. The number of H-pyrrole nitrogens is 1. The van der Waals surface area contributed by atoms with Crippen molar-refractivity contribution in [2.75, 3.05) is 19.6 Å². The molecule has 0 aliphatic carbocycles. The summed E-state index contributed by atoms with van der Waals surface area (Å²) in [5, 5.41) is 9.34. The molecule has 2 N–H and O–H groups in total. The summed E-state index contributed by atoms with van der Waals surface area (Å²) in [6, 6.07) is 1.93. The Morgan fingerprint density at radius 3 is 2.83 bits per heavy atom. The van der Waals surface area contributed by atoms with E-state index >= 15 is 0 Å². The Kier molecular flexibility index (Phi) is 5.00. The van der Waals surface area contributed by atoms with Crippen LogP contribution in [0.3, 0.4) is 0 Å². The van der Waals surface area contributed by atoms with Crippen molar-refractivity contribution in [2.24, 2.45) is 0 Å². The normalized spacial score (nSPS) is 22.7. The van der Waals surface area contributed by atoms with E-state index in [2.05, 4.69) is 9.88 Å². The van der Waals surface area contributed by atoms with Crippen LogP contribution in [0.1, 0.15) is 44.2 Å². The molecule has 1 atom stereocenters. The number of nitrogens with zero attached hydrogens (tertiary/aromatic N) is 2. The fourth-order valence-electron chi connectivity index (χ4n) is 3.66. The summed E-state index contributed by atoms with van der Waals surface area (Å²) in [7, 11) is 0. The number of likely N-dealkylation sites (tertiary alicyclic amines) is 2. The maximum Gasteiger partial charge on any atom is 0.223 e. The molecule has 2 aliphatic rings. The first kappa shape index (κ1) is 16.1. The Morgan fingerprint density at radius 1 is 1.22 bits per heavy atom. The number of hydrogen-bond donors (Lipinski definition) is 2. The van der Waals surface area contributed by atoms with Crippen LogP contribution in [-0.2, 0) is 11.3 Å². The smallest absolute Gasteiger partial charge is 0.223 e. The highest BCUT2D eigenvalue weighted by atomic mass is 16.3. The Balaban J connectivity index is 1.60. The molecule has 0 spiro atoms. The summed E-state index contributed by atoms with van der Waals surface area (Å²) in [4.78, 5) is 30.7. The molecule has 126 valence electrons. The van der Waals surface area contributed by atoms with Gasteiger partial charge in [0.25, 0.3) is 0 Å². The lowest BCUT2D eigenvalue weighted by molar-refractivity contribution is -0.127. The fraction of sp³-hybridized carbons (Fsp3) is 0.647. The van der Waals surface area contributed by atoms with Crippen molar-refractivity contribution in [1.82, 2.24) is 14.8 Å². The molecule has 1 amide bonds. The summed E-state index contributed by atoms with van der Waals surface area (Å²) < 4.78 is 0. The van der Waals surface area contributed by atoms with Crippen LogP contribution in [-0.4, -0.2) is 51.5 Å². The summed E-state index contributed by atoms with van der Waals surface area (Å²) in [5.74, 6) is 0.0479. The molecule has 2 saturated heterocycles. The van der Waals surface area contributed by atoms with Crippen molar-refractivity contribution < 1.29 is 9.90 Å². The number of pyridine rings is 1. The minimum atomic E-state index is -0.338. The minimum Gasteiger partial charge on any atom is -0.503 e. The van der Waals surface area contributed by atoms with E-state index in [4.69, 9.17) is 0 Å². The average molecular weight is 319 g/mol. The number of nitrogens with one attached hydrogen (secondary N) is 1. The molecule has 3 heterocycles. The van der Waals surface area contributed by atoms with Crippen molar-refractivity contribution in [2.45, 2.75) is 51.1 Å². The zero-order chi connectivity index (χ0) is 16.2. The molecular formula is C17H25N3O3. The lowest BCUT2D eigenvalue weighted by Gasteiger charge is -2.36. The van der Waals surface area contributed by atoms with Gasteiger partial charge in [0.15, 0.2) is 5.75 Å². The Hall–Kier alpha value is -1.82. The molecule has 0 bridgehead atoms. The molecule has 0 aromatic carbocycles. The highest BCUT2D eigenvalue weighted by Crippen LogP contribution is 2.22. The van der Waals surface area contributed by atoms with E-state index in [9.17, 15) is 14.7 Å². The first-order valence-corrected chi connectivity index (χ1v) is 8.56. The number of carbonyl (C=O) groups is 1. The van der Waals surface area contributed by atoms with Gasteiger partial charge in [-0.15, -0.1) is 0 Å². The number of amides is 1. The van der Waals surface area contributed by atoms with Gasteiger partial charge in [-0.3, -0.25) is 14.5 Å². The second-order valence-electron chi connectivity index (χ2n) is 6.60. The van der Waals surface area contributed by atoms with Crippen LogP contribution >= 0.6 is 0 Å². The maximum absolute atomic E-state index is 11.7. The van der Waals surface area contributed by atoms with E-state index in [0.717, 1.165) is 44.6 Å². The molecule has 1 unspecified atom stereocenters. The predicted molar refractivity (Wildman–Crippen MR) is 87.2 cm³/mol. The summed E-state index contributed by atoms with van der Waals surface area (Å²) >= 11 is 0. The number of hydrogen-bond acceptors (Lipinski definition) is 4. The molecule has 1 aromatic rings. The molecule has 23 heavy (non-hydrogen) atoms. The van der Waals surface area contributed by atoms with E-state index in [1.807, 2.05) is 4.90 Å². The second-order valence-corrected chi connectivity index (χ2v) is 6.60. The first-order valence-electron chi connectivity index (χ1n) is 8.56. The van der Waals surface area contributed by atoms with Crippen LogP contribution in [0.15, 0.2) is 17.1 Å². The van der Waals surface area contributed by atoms with Crippen LogP contribution in [0.25, 0.3) is 0 Å². The van der Waals surface area contributed by atoms with E-state index in [0.29, 0.717) is 19.0 Å². The Labute approximate surface area is 136 Å². The van der Waals surface area contributed by atoms with Gasteiger partial charge >= 0.3 is 0 Å². The quantitative estimate of drug-likeness (QED) is 0.861. The molecule has 6 nitrogen and oxygen atoms in total. The van der Waals surface area contributed by atoms with Crippen LogP contribution in [0.2, 0.25) is 0 Å². The third-order valence-electron chi connectivity index (χ3n) is 4.98. The van der Waals surface area contributed by atoms with E-state index in [1.165, 1.54) is 25.1 Å². The van der Waals surface area contributed by atoms with Gasteiger partial charge in [0.05, 0.1) is 0 Å². The van der Waals surface area contributed by atoms with Crippen molar-refractivity contribution in [3.63, 3.8) is 0 Å². The van der Waals surface area contributed by atoms with E-state index in [1.54, 1.807) is 0 Å². The highest BCUT2D eigenvalue weighted by molar-refractivity contribution is 5.77. The monoisotopic (exact) mass is 319 g/mol. The molecule has 6 heteroatoms. The zero-order valence-corrected chi connectivity index (χ0v) is 13.5. The summed E-state index contributed by atoms with van der Waals surface area (Å²) in [6.07, 6.45) is 7.58. The SMILES string of the molecule is O=C1CCCN1CCC1CCCCN1Cc1cc(=O)c(O)c[nH]1. The van der Waals surface area contributed by atoms with Crippen molar-refractivity contribution in [1.29, 1.82) is 0 Å². The maximum atomic E-state index is 11.7. The number of piperidine rings is 1. The molecule has 2 aliphatic heterocycles. The van der Waals surface area contributed by atoms with Gasteiger partial charge in [-0.2, -0.15) is 0 Å². The molecule has 2 fully saturated rings. The zero-order valence-electron chi connectivity index (χ0n) is 13.5. The van der Waals surface area contributed by atoms with Crippen LogP contribution in [0.5, 0.6) is 5.75 Å². The third kappa shape index (κ3) is 3.93. The summed E-state index contributed by atoms with van der Waals surface area (Å²) in [6.45, 7) is 3.44. The predicted octanol–water partition coefficient (Wildman–Crippen LogP) is 1.45. The van der Waals surface area contributed by atoms with E-state index in [-0.39, 0.29) is 17.1 Å². The number of aromatic amines is 1. The molecule has 0 saturated carbocycles. The van der Waals surface area contributed by atoms with Gasteiger partial charge in [-0.25, -0.2) is 0 Å². The molecule has 0 radical (unpaired) electrons. The van der Waals surface area contributed by atoms with Gasteiger partial charge in [0, 0.05) is 50.1 Å². The summed E-state index contributed by atoms with van der Waals surface area (Å²) in [5.41, 5.74) is 0.493. The molecular weight excluding hydrogens is 294 g/mol. The fourth-order valence-corrected chi connectivity index (χ4v) is 3.66. The molecule has 1 aromatic heterocycles. The molecule has 3 rings (SSSR count). The van der Waals surface area contributed by atoms with Crippen molar-refractivity contribution in [3.8, 4) is 5.75 Å². The van der Waals surface area contributed by atoms with Crippen LogP contribution < -0.4 is 5.43 Å². The van der Waals surface area contributed by atoms with Gasteiger partial charge < -0.3 is 15.0 Å². The second kappa shape index (κ2) is 7.17. The van der Waals surface area contributed by atoms with E-state index < -0.39 is 0 Å². The van der Waals surface area contributed by atoms with Crippen LogP contribution in [0.4, 0.5) is 0 Å². The van der Waals surface area contributed by atoms with Gasteiger partial charge in [0.2, 0.25) is 11.3 Å². The van der Waals surface area contributed by atoms with Gasteiger partial charge in [0.1, 0.15) is 0 Å². The van der Waals surface area contributed by atoms with Gasteiger partial charge in [-0.05, 0) is 32.2 Å².